The molecule has 1 aliphatic rings. The number of nitrogens with one attached hydrogen (secondary N) is 2. The molecule has 0 aromatic heterocycles. The second kappa shape index (κ2) is 11.5. The van der Waals surface area contributed by atoms with Gasteiger partial charge in [-0.15, -0.1) is 0 Å². The van der Waals surface area contributed by atoms with Crippen LogP contribution in [0.3, 0.4) is 0 Å². The number of hydrogen-bond donors (Lipinski definition) is 2. The highest BCUT2D eigenvalue weighted by atomic mass is 79.9. The third-order valence-corrected chi connectivity index (χ3v) is 5.90. The van der Waals surface area contributed by atoms with Gasteiger partial charge in [-0.05, 0) is 24.3 Å². The van der Waals surface area contributed by atoms with Crippen LogP contribution in [0.15, 0.2) is 57.1 Å². The number of anilines is 1. The van der Waals surface area contributed by atoms with Gasteiger partial charge in [0.25, 0.3) is 6.43 Å². The second-order valence-corrected chi connectivity index (χ2v) is 8.79. The van der Waals surface area contributed by atoms with E-state index in [-0.39, 0.29) is 17.9 Å². The zero-order chi connectivity index (χ0) is 21.3. The number of rotatable bonds is 11. The van der Waals surface area contributed by atoms with Crippen LogP contribution in [-0.4, -0.2) is 42.4 Å². The third-order valence-electron chi connectivity index (χ3n) is 4.42. The summed E-state index contributed by atoms with van der Waals surface area (Å²) in [5.74, 6) is 1.52. The van der Waals surface area contributed by atoms with E-state index in [0.717, 1.165) is 34.8 Å². The van der Waals surface area contributed by atoms with Crippen molar-refractivity contribution in [3.05, 3.63) is 63.9 Å². The lowest BCUT2D eigenvalue weighted by Gasteiger charge is -2.09. The SMILES string of the molecule is Fc1cc(C2=NN=C(C(F)F)C2)ccc1CNCCSCCNc1cccc(Br)c1. The highest BCUT2D eigenvalue weighted by Crippen LogP contribution is 2.18. The predicted octanol–water partition coefficient (Wildman–Crippen LogP) is 5.34. The summed E-state index contributed by atoms with van der Waals surface area (Å²) in [6.45, 7) is 2.05. The van der Waals surface area contributed by atoms with Gasteiger partial charge in [-0.1, -0.05) is 34.1 Å². The molecule has 0 saturated heterocycles. The molecular weight excluding hydrogens is 477 g/mol. The summed E-state index contributed by atoms with van der Waals surface area (Å²) in [6.07, 6.45) is -2.67. The van der Waals surface area contributed by atoms with Crippen LogP contribution in [0.5, 0.6) is 0 Å². The Morgan fingerprint density at radius 3 is 2.63 bits per heavy atom. The van der Waals surface area contributed by atoms with E-state index in [2.05, 4.69) is 36.8 Å². The Hall–Kier alpha value is -1.84. The minimum absolute atomic E-state index is 0.0394. The summed E-state index contributed by atoms with van der Waals surface area (Å²) < 4.78 is 40.7. The van der Waals surface area contributed by atoms with Gasteiger partial charge in [0.1, 0.15) is 11.5 Å². The first-order chi connectivity index (χ1) is 14.5. The molecule has 0 saturated carbocycles. The maximum Gasteiger partial charge on any atom is 0.278 e. The zero-order valence-electron chi connectivity index (χ0n) is 16.2. The van der Waals surface area contributed by atoms with Gasteiger partial charge in [-0.2, -0.15) is 22.0 Å². The first kappa shape index (κ1) is 22.8. The topological polar surface area (TPSA) is 48.8 Å². The Morgan fingerprint density at radius 2 is 1.90 bits per heavy atom. The van der Waals surface area contributed by atoms with Crippen LogP contribution in [0.4, 0.5) is 18.9 Å². The molecule has 0 unspecified atom stereocenters. The normalized spacial score (nSPS) is 13.5. The fraction of sp³-hybridized carbons (Fsp3) is 0.333. The molecule has 1 heterocycles. The minimum Gasteiger partial charge on any atom is -0.384 e. The lowest BCUT2D eigenvalue weighted by atomic mass is 10.0. The Labute approximate surface area is 186 Å². The fourth-order valence-electron chi connectivity index (χ4n) is 2.85. The van der Waals surface area contributed by atoms with Crippen LogP contribution < -0.4 is 10.6 Å². The molecule has 4 nitrogen and oxygen atoms in total. The minimum atomic E-state index is -2.63. The Kier molecular flexibility index (Phi) is 8.77. The van der Waals surface area contributed by atoms with Gasteiger partial charge in [-0.3, -0.25) is 0 Å². The van der Waals surface area contributed by atoms with E-state index in [1.54, 1.807) is 12.1 Å². The highest BCUT2D eigenvalue weighted by molar-refractivity contribution is 9.10. The van der Waals surface area contributed by atoms with Crippen molar-refractivity contribution in [1.82, 2.24) is 5.32 Å². The molecule has 2 aromatic carbocycles. The van der Waals surface area contributed by atoms with E-state index in [9.17, 15) is 13.2 Å². The number of nitrogens with zero attached hydrogens (tertiary/aromatic N) is 2. The van der Waals surface area contributed by atoms with Crippen molar-refractivity contribution in [2.45, 2.75) is 19.4 Å². The molecule has 0 aliphatic carbocycles. The van der Waals surface area contributed by atoms with Crippen molar-refractivity contribution in [2.75, 3.05) is 29.9 Å². The summed E-state index contributed by atoms with van der Waals surface area (Å²) in [6, 6.07) is 12.7. The molecule has 2 N–H and O–H groups in total. The molecule has 160 valence electrons. The van der Waals surface area contributed by atoms with Crippen molar-refractivity contribution in [3.8, 4) is 0 Å². The number of benzene rings is 2. The van der Waals surface area contributed by atoms with E-state index in [0.29, 0.717) is 23.4 Å². The maximum atomic E-state index is 14.3. The summed E-state index contributed by atoms with van der Waals surface area (Å²) in [5, 5.41) is 13.8. The number of alkyl halides is 2. The summed E-state index contributed by atoms with van der Waals surface area (Å²) >= 11 is 5.27. The van der Waals surface area contributed by atoms with Crippen LogP contribution >= 0.6 is 27.7 Å². The first-order valence-corrected chi connectivity index (χ1v) is 11.5. The van der Waals surface area contributed by atoms with Crippen molar-refractivity contribution < 1.29 is 13.2 Å². The maximum absolute atomic E-state index is 14.3. The smallest absolute Gasteiger partial charge is 0.278 e. The summed E-state index contributed by atoms with van der Waals surface area (Å²) in [4.78, 5) is 0. The average molecular weight is 499 g/mol. The fourth-order valence-corrected chi connectivity index (χ4v) is 3.99. The first-order valence-electron chi connectivity index (χ1n) is 9.51. The lowest BCUT2D eigenvalue weighted by Crippen LogP contribution is -2.18. The highest BCUT2D eigenvalue weighted by Gasteiger charge is 2.22. The number of hydrogen-bond acceptors (Lipinski definition) is 5. The molecule has 0 atom stereocenters. The Balaban J connectivity index is 1.32. The second-order valence-electron chi connectivity index (χ2n) is 6.65. The van der Waals surface area contributed by atoms with E-state index >= 15 is 0 Å². The third kappa shape index (κ3) is 6.85. The molecule has 0 amide bonds. The van der Waals surface area contributed by atoms with Gasteiger partial charge in [-0.25, -0.2) is 13.2 Å². The van der Waals surface area contributed by atoms with Gasteiger partial charge < -0.3 is 10.6 Å². The van der Waals surface area contributed by atoms with E-state index in [1.165, 1.54) is 6.07 Å². The van der Waals surface area contributed by atoms with Crippen molar-refractivity contribution in [3.63, 3.8) is 0 Å². The molecule has 0 fully saturated rings. The summed E-state index contributed by atoms with van der Waals surface area (Å²) in [5.41, 5.74) is 2.21. The molecule has 3 rings (SSSR count). The monoisotopic (exact) mass is 498 g/mol. The van der Waals surface area contributed by atoms with E-state index in [1.807, 2.05) is 36.0 Å². The molecule has 0 spiro atoms. The van der Waals surface area contributed by atoms with Crippen LogP contribution in [0.1, 0.15) is 17.5 Å². The van der Waals surface area contributed by atoms with E-state index in [4.69, 9.17) is 0 Å². The van der Waals surface area contributed by atoms with E-state index < -0.39 is 6.43 Å². The van der Waals surface area contributed by atoms with Gasteiger partial charge in [0.05, 0.1) is 5.71 Å². The van der Waals surface area contributed by atoms with Crippen molar-refractivity contribution in [2.24, 2.45) is 10.2 Å². The average Bonchev–Trinajstić information content (AvgIpc) is 3.22. The van der Waals surface area contributed by atoms with Crippen molar-refractivity contribution in [1.29, 1.82) is 0 Å². The standard InChI is InChI=1S/C21H22BrF3N4S/c22-16-2-1-3-17(11-16)27-7-9-30-8-6-26-13-15-5-4-14(10-18(15)23)19-12-20(21(24)25)29-28-19/h1-5,10-11,21,26-27H,6-9,12-13H2. The molecule has 9 heteroatoms. The van der Waals surface area contributed by atoms with Crippen LogP contribution in [-0.2, 0) is 6.54 Å². The molecule has 0 radical (unpaired) electrons. The Bertz CT molecular complexity index is 921. The summed E-state index contributed by atoms with van der Waals surface area (Å²) in [7, 11) is 0. The largest absolute Gasteiger partial charge is 0.384 e. The number of halogens is 4. The van der Waals surface area contributed by atoms with Crippen LogP contribution in [0, 0.1) is 5.82 Å². The lowest BCUT2D eigenvalue weighted by molar-refractivity contribution is 0.224. The molecule has 30 heavy (non-hydrogen) atoms. The zero-order valence-corrected chi connectivity index (χ0v) is 18.6. The molecule has 1 aliphatic heterocycles. The Morgan fingerprint density at radius 1 is 1.07 bits per heavy atom. The van der Waals surface area contributed by atoms with Crippen molar-refractivity contribution >= 4 is 44.8 Å². The molecule has 0 bridgehead atoms. The van der Waals surface area contributed by atoms with Gasteiger partial charge in [0.15, 0.2) is 0 Å². The molecular formula is C21H22BrF3N4S. The molecule has 2 aromatic rings. The van der Waals surface area contributed by atoms with Crippen LogP contribution in [0.2, 0.25) is 0 Å². The predicted molar refractivity (Wildman–Crippen MR) is 123 cm³/mol. The number of thioether (sulfide) groups is 1. The van der Waals surface area contributed by atoms with Crippen LogP contribution in [0.25, 0.3) is 0 Å². The quantitative estimate of drug-likeness (QED) is 0.411. The van der Waals surface area contributed by atoms with Gasteiger partial charge in [0, 0.05) is 58.8 Å². The van der Waals surface area contributed by atoms with Gasteiger partial charge >= 0.3 is 0 Å². The van der Waals surface area contributed by atoms with Gasteiger partial charge in [0.2, 0.25) is 0 Å².